The van der Waals surface area contributed by atoms with E-state index in [0.717, 1.165) is 25.9 Å². The lowest BCUT2D eigenvalue weighted by Crippen LogP contribution is -2.26. The van der Waals surface area contributed by atoms with Crippen molar-refractivity contribution in [2.24, 2.45) is 0 Å². The molecule has 0 aromatic heterocycles. The average Bonchev–Trinajstić information content (AvgIpc) is 2.17. The van der Waals surface area contributed by atoms with Crippen molar-refractivity contribution in [3.63, 3.8) is 0 Å². The molecule has 0 spiro atoms. The lowest BCUT2D eigenvalue weighted by Gasteiger charge is -2.21. The minimum absolute atomic E-state index is 0.0206. The molecule has 4 nitrogen and oxygen atoms in total. The van der Waals surface area contributed by atoms with E-state index < -0.39 is 0 Å². The summed E-state index contributed by atoms with van der Waals surface area (Å²) >= 11 is 0. The zero-order chi connectivity index (χ0) is 9.52. The minimum atomic E-state index is -0.323. The van der Waals surface area contributed by atoms with E-state index in [1.807, 2.05) is 0 Å². The number of rotatable bonds is 4. The molecule has 1 aliphatic heterocycles. The first kappa shape index (κ1) is 10.5. The molecular formula is C9H16O4. The molecule has 1 atom stereocenters. The van der Waals surface area contributed by atoms with Crippen molar-refractivity contribution in [2.45, 2.75) is 25.4 Å². The van der Waals surface area contributed by atoms with Gasteiger partial charge in [0.25, 0.3) is 0 Å². The van der Waals surface area contributed by atoms with Crippen molar-refractivity contribution < 1.29 is 19.0 Å². The third kappa shape index (κ3) is 4.24. The van der Waals surface area contributed by atoms with E-state index in [0.29, 0.717) is 6.61 Å². The van der Waals surface area contributed by atoms with E-state index in [-0.39, 0.29) is 18.7 Å². The molecular weight excluding hydrogens is 172 g/mol. The molecule has 1 unspecified atom stereocenters. The largest absolute Gasteiger partial charge is 0.461 e. The predicted molar refractivity (Wildman–Crippen MR) is 46.4 cm³/mol. The molecule has 0 bridgehead atoms. The molecule has 0 N–H and O–H groups in total. The second-order valence-electron chi connectivity index (χ2n) is 3.10. The Labute approximate surface area is 78.2 Å². The Morgan fingerprint density at radius 1 is 1.54 bits per heavy atom. The molecule has 4 heteroatoms. The Bertz CT molecular complexity index is 152. The molecule has 0 aromatic carbocycles. The van der Waals surface area contributed by atoms with Gasteiger partial charge in [0.2, 0.25) is 0 Å². The molecule has 76 valence electrons. The monoisotopic (exact) mass is 188 g/mol. The summed E-state index contributed by atoms with van der Waals surface area (Å²) in [5, 5.41) is 0. The average molecular weight is 188 g/mol. The van der Waals surface area contributed by atoms with E-state index in [9.17, 15) is 4.79 Å². The predicted octanol–water partition coefficient (Wildman–Crippen LogP) is 0.745. The van der Waals surface area contributed by atoms with Gasteiger partial charge in [-0.15, -0.1) is 0 Å². The third-order valence-corrected chi connectivity index (χ3v) is 1.97. The Morgan fingerprint density at radius 3 is 3.00 bits per heavy atom. The molecule has 1 fully saturated rings. The Morgan fingerprint density at radius 2 is 2.38 bits per heavy atom. The van der Waals surface area contributed by atoms with Crippen molar-refractivity contribution in [3.05, 3.63) is 0 Å². The summed E-state index contributed by atoms with van der Waals surface area (Å²) in [6, 6.07) is 0. The second-order valence-corrected chi connectivity index (χ2v) is 3.10. The fourth-order valence-electron chi connectivity index (χ4n) is 1.28. The lowest BCUT2D eigenvalue weighted by atomic mass is 10.1. The number of hydrogen-bond donors (Lipinski definition) is 0. The van der Waals surface area contributed by atoms with E-state index in [2.05, 4.69) is 4.74 Å². The topological polar surface area (TPSA) is 44.8 Å². The Balaban J connectivity index is 2.06. The number of ether oxygens (including phenoxy) is 3. The lowest BCUT2D eigenvalue weighted by molar-refractivity contribution is -0.153. The number of methoxy groups -OCH3 is 1. The van der Waals surface area contributed by atoms with Crippen molar-refractivity contribution >= 4 is 5.97 Å². The second kappa shape index (κ2) is 5.94. The minimum Gasteiger partial charge on any atom is -0.461 e. The smallest absolute Gasteiger partial charge is 0.332 e. The van der Waals surface area contributed by atoms with Gasteiger partial charge >= 0.3 is 5.97 Å². The van der Waals surface area contributed by atoms with Gasteiger partial charge in [-0.2, -0.15) is 0 Å². The van der Waals surface area contributed by atoms with Gasteiger partial charge in [-0.3, -0.25) is 0 Å². The first-order chi connectivity index (χ1) is 6.33. The fourth-order valence-corrected chi connectivity index (χ4v) is 1.28. The van der Waals surface area contributed by atoms with Crippen LogP contribution in [0.1, 0.15) is 19.3 Å². The highest BCUT2D eigenvalue weighted by molar-refractivity contribution is 5.70. The highest BCUT2D eigenvalue weighted by Gasteiger charge is 2.15. The van der Waals surface area contributed by atoms with Crippen LogP contribution in [0.25, 0.3) is 0 Å². The van der Waals surface area contributed by atoms with Crippen molar-refractivity contribution in [1.29, 1.82) is 0 Å². The maximum absolute atomic E-state index is 10.9. The van der Waals surface area contributed by atoms with Gasteiger partial charge in [-0.05, 0) is 19.3 Å². The molecule has 1 heterocycles. The molecule has 0 aromatic rings. The highest BCUT2D eigenvalue weighted by Crippen LogP contribution is 2.12. The zero-order valence-corrected chi connectivity index (χ0v) is 7.95. The summed E-state index contributed by atoms with van der Waals surface area (Å²) in [4.78, 5) is 10.9. The standard InChI is InChI=1S/C9H16O4/c1-11-7-9(10)13-6-8-4-2-3-5-12-8/h8H,2-7H2,1H3. The first-order valence-electron chi connectivity index (χ1n) is 4.59. The van der Waals surface area contributed by atoms with Crippen LogP contribution in [0, 0.1) is 0 Å². The number of carbonyl (C=O) groups is 1. The van der Waals surface area contributed by atoms with Gasteiger partial charge in [-0.25, -0.2) is 4.79 Å². The van der Waals surface area contributed by atoms with Crippen LogP contribution in [0.2, 0.25) is 0 Å². The Kier molecular flexibility index (Phi) is 4.78. The quantitative estimate of drug-likeness (QED) is 0.610. The van der Waals surface area contributed by atoms with Gasteiger partial charge in [0.15, 0.2) is 0 Å². The number of hydrogen-bond acceptors (Lipinski definition) is 4. The van der Waals surface area contributed by atoms with Gasteiger partial charge in [0, 0.05) is 13.7 Å². The third-order valence-electron chi connectivity index (χ3n) is 1.97. The van der Waals surface area contributed by atoms with Gasteiger partial charge in [0.1, 0.15) is 13.2 Å². The fraction of sp³-hybridized carbons (Fsp3) is 0.889. The van der Waals surface area contributed by atoms with Gasteiger partial charge < -0.3 is 14.2 Å². The molecule has 0 saturated carbocycles. The van der Waals surface area contributed by atoms with Crippen LogP contribution in [-0.2, 0) is 19.0 Å². The van der Waals surface area contributed by atoms with E-state index >= 15 is 0 Å². The summed E-state index contributed by atoms with van der Waals surface area (Å²) in [5.41, 5.74) is 0. The normalized spacial score (nSPS) is 22.7. The molecule has 0 radical (unpaired) electrons. The molecule has 1 saturated heterocycles. The van der Waals surface area contributed by atoms with Gasteiger partial charge in [0.05, 0.1) is 6.10 Å². The maximum Gasteiger partial charge on any atom is 0.332 e. The van der Waals surface area contributed by atoms with Crippen molar-refractivity contribution in [1.82, 2.24) is 0 Å². The Hall–Kier alpha value is -0.610. The number of carbonyl (C=O) groups excluding carboxylic acids is 1. The van der Waals surface area contributed by atoms with Gasteiger partial charge in [-0.1, -0.05) is 0 Å². The summed E-state index contributed by atoms with van der Waals surface area (Å²) in [6.45, 7) is 1.17. The summed E-state index contributed by atoms with van der Waals surface area (Å²) in [7, 11) is 1.47. The van der Waals surface area contributed by atoms with E-state index in [1.54, 1.807) is 0 Å². The van der Waals surface area contributed by atoms with E-state index in [1.165, 1.54) is 7.11 Å². The van der Waals surface area contributed by atoms with Crippen LogP contribution in [0.5, 0.6) is 0 Å². The summed E-state index contributed by atoms with van der Waals surface area (Å²) < 4.78 is 14.9. The highest BCUT2D eigenvalue weighted by atomic mass is 16.6. The molecule has 1 rings (SSSR count). The zero-order valence-electron chi connectivity index (χ0n) is 7.95. The summed E-state index contributed by atoms with van der Waals surface area (Å²) in [6.07, 6.45) is 3.35. The van der Waals surface area contributed by atoms with Crippen LogP contribution < -0.4 is 0 Å². The van der Waals surface area contributed by atoms with Crippen molar-refractivity contribution in [3.8, 4) is 0 Å². The maximum atomic E-state index is 10.9. The van der Waals surface area contributed by atoms with Crippen LogP contribution in [0.4, 0.5) is 0 Å². The molecule has 0 aliphatic carbocycles. The summed E-state index contributed by atoms with van der Waals surface area (Å²) in [5.74, 6) is -0.323. The molecule has 1 aliphatic rings. The van der Waals surface area contributed by atoms with Crippen molar-refractivity contribution in [2.75, 3.05) is 26.9 Å². The SMILES string of the molecule is COCC(=O)OCC1CCCCO1. The molecule has 0 amide bonds. The van der Waals surface area contributed by atoms with Crippen LogP contribution in [0.3, 0.4) is 0 Å². The van der Waals surface area contributed by atoms with E-state index in [4.69, 9.17) is 9.47 Å². The van der Waals surface area contributed by atoms with Crippen LogP contribution in [-0.4, -0.2) is 39.0 Å². The first-order valence-corrected chi connectivity index (χ1v) is 4.59. The van der Waals surface area contributed by atoms with Crippen LogP contribution >= 0.6 is 0 Å². The molecule has 13 heavy (non-hydrogen) atoms. The van der Waals surface area contributed by atoms with Crippen LogP contribution in [0.15, 0.2) is 0 Å². The number of esters is 1.